The molecule has 0 aliphatic carbocycles. The number of carbonyl (C=O) groups excluding carboxylic acids is 1. The van der Waals surface area contributed by atoms with E-state index in [9.17, 15) is 4.79 Å². The van der Waals surface area contributed by atoms with E-state index in [1.807, 2.05) is 30.3 Å². The summed E-state index contributed by atoms with van der Waals surface area (Å²) >= 11 is 6.06. The first-order chi connectivity index (χ1) is 11.2. The van der Waals surface area contributed by atoms with E-state index >= 15 is 0 Å². The van der Waals surface area contributed by atoms with E-state index < -0.39 is 0 Å². The topological polar surface area (TPSA) is 67.2 Å². The van der Waals surface area contributed by atoms with Crippen molar-refractivity contribution in [3.8, 4) is 0 Å². The summed E-state index contributed by atoms with van der Waals surface area (Å²) in [6, 6.07) is 12.7. The van der Waals surface area contributed by atoms with Gasteiger partial charge >= 0.3 is 0 Å². The second-order valence-corrected chi connectivity index (χ2v) is 5.25. The van der Waals surface area contributed by atoms with Gasteiger partial charge in [-0.2, -0.15) is 0 Å². The molecule has 0 saturated carbocycles. The lowest BCUT2D eigenvalue weighted by Gasteiger charge is -2.09. The molecule has 0 bridgehead atoms. The largest absolute Gasteiger partial charge is 0.459 e. The van der Waals surface area contributed by atoms with Gasteiger partial charge in [-0.15, -0.1) is 0 Å². The van der Waals surface area contributed by atoms with Crippen molar-refractivity contribution in [2.24, 2.45) is 0 Å². The number of pyridine rings is 1. The van der Waals surface area contributed by atoms with Crippen LogP contribution in [0.25, 0.3) is 0 Å². The maximum Gasteiger partial charge on any atom is 0.291 e. The minimum atomic E-state index is -0.280. The summed E-state index contributed by atoms with van der Waals surface area (Å²) in [7, 11) is 0. The van der Waals surface area contributed by atoms with E-state index in [0.29, 0.717) is 17.3 Å². The molecular weight excluding hydrogens is 314 g/mol. The fourth-order valence-corrected chi connectivity index (χ4v) is 2.26. The Morgan fingerprint density at radius 3 is 2.91 bits per heavy atom. The zero-order chi connectivity index (χ0) is 16.1. The zero-order valence-corrected chi connectivity index (χ0v) is 12.9. The molecule has 6 heteroatoms. The van der Waals surface area contributed by atoms with Gasteiger partial charge in [-0.05, 0) is 35.9 Å². The third kappa shape index (κ3) is 3.90. The first kappa shape index (κ1) is 15.1. The molecule has 0 spiro atoms. The summed E-state index contributed by atoms with van der Waals surface area (Å²) < 4.78 is 5.07. The van der Waals surface area contributed by atoms with Crippen LogP contribution in [0.4, 0.5) is 11.4 Å². The van der Waals surface area contributed by atoms with Crippen LogP contribution in [0.2, 0.25) is 5.02 Å². The quantitative estimate of drug-likeness (QED) is 0.737. The highest BCUT2D eigenvalue weighted by Crippen LogP contribution is 2.20. The van der Waals surface area contributed by atoms with Gasteiger partial charge in [-0.3, -0.25) is 9.78 Å². The summed E-state index contributed by atoms with van der Waals surface area (Å²) in [6.45, 7) is 0.578. The number of hydrogen-bond acceptors (Lipinski definition) is 4. The molecule has 2 N–H and O–H groups in total. The van der Waals surface area contributed by atoms with Gasteiger partial charge in [0.1, 0.15) is 0 Å². The summed E-state index contributed by atoms with van der Waals surface area (Å²) in [5.41, 5.74) is 2.52. The zero-order valence-electron chi connectivity index (χ0n) is 12.1. The predicted molar refractivity (Wildman–Crippen MR) is 89.7 cm³/mol. The summed E-state index contributed by atoms with van der Waals surface area (Å²) in [4.78, 5) is 15.9. The van der Waals surface area contributed by atoms with E-state index in [1.165, 1.54) is 6.26 Å². The van der Waals surface area contributed by atoms with Crippen molar-refractivity contribution < 1.29 is 9.21 Å². The van der Waals surface area contributed by atoms with Crippen LogP contribution in [-0.2, 0) is 6.54 Å². The molecule has 2 heterocycles. The van der Waals surface area contributed by atoms with Crippen LogP contribution in [0.3, 0.4) is 0 Å². The van der Waals surface area contributed by atoms with Crippen LogP contribution in [0.5, 0.6) is 0 Å². The van der Waals surface area contributed by atoms with Crippen molar-refractivity contribution in [2.75, 3.05) is 10.6 Å². The van der Waals surface area contributed by atoms with Gasteiger partial charge in [0.05, 0.1) is 17.0 Å². The van der Waals surface area contributed by atoms with Crippen molar-refractivity contribution in [3.63, 3.8) is 0 Å². The smallest absolute Gasteiger partial charge is 0.291 e. The Kier molecular flexibility index (Phi) is 4.59. The maximum atomic E-state index is 12.0. The molecule has 0 fully saturated rings. The Hall–Kier alpha value is -2.79. The van der Waals surface area contributed by atoms with Gasteiger partial charge in [0.2, 0.25) is 0 Å². The third-order valence-electron chi connectivity index (χ3n) is 3.19. The lowest BCUT2D eigenvalue weighted by atomic mass is 10.2. The molecule has 1 amide bonds. The molecule has 23 heavy (non-hydrogen) atoms. The Morgan fingerprint density at radius 1 is 1.22 bits per heavy atom. The molecule has 2 aromatic heterocycles. The number of nitrogens with zero attached hydrogens (tertiary/aromatic N) is 1. The summed E-state index contributed by atoms with van der Waals surface area (Å²) in [5.74, 6) is -0.00520. The number of aromatic nitrogens is 1. The lowest BCUT2D eigenvalue weighted by Crippen LogP contribution is -2.11. The summed E-state index contributed by atoms with van der Waals surface area (Å²) in [6.07, 6.45) is 4.73. The van der Waals surface area contributed by atoms with Crippen LogP contribution < -0.4 is 10.6 Å². The third-order valence-corrected chi connectivity index (χ3v) is 3.49. The fraction of sp³-hybridized carbons (Fsp3) is 0.0588. The Morgan fingerprint density at radius 2 is 2.13 bits per heavy atom. The number of nitrogens with one attached hydrogen (secondary N) is 2. The minimum Gasteiger partial charge on any atom is -0.459 e. The molecule has 5 nitrogen and oxygen atoms in total. The molecule has 0 atom stereocenters. The average Bonchev–Trinajstić information content (AvgIpc) is 3.09. The maximum absolute atomic E-state index is 12.0. The molecule has 0 radical (unpaired) electrons. The van der Waals surface area contributed by atoms with Crippen molar-refractivity contribution >= 4 is 28.9 Å². The number of furan rings is 1. The average molecular weight is 328 g/mol. The Balaban J connectivity index is 1.65. The van der Waals surface area contributed by atoms with E-state index in [0.717, 1.165) is 11.3 Å². The SMILES string of the molecule is O=C(Nc1cccc(CNc2ccncc2Cl)c1)c1ccco1. The number of hydrogen-bond donors (Lipinski definition) is 2. The Labute approximate surface area is 138 Å². The highest BCUT2D eigenvalue weighted by atomic mass is 35.5. The summed E-state index contributed by atoms with van der Waals surface area (Å²) in [5, 5.41) is 6.60. The highest BCUT2D eigenvalue weighted by Gasteiger charge is 2.08. The molecule has 0 saturated heterocycles. The van der Waals surface area contributed by atoms with E-state index in [2.05, 4.69) is 15.6 Å². The molecule has 116 valence electrons. The van der Waals surface area contributed by atoms with E-state index in [-0.39, 0.29) is 11.7 Å². The van der Waals surface area contributed by atoms with E-state index in [4.69, 9.17) is 16.0 Å². The predicted octanol–water partition coefficient (Wildman–Crippen LogP) is 4.19. The number of anilines is 2. The number of carbonyl (C=O) groups is 1. The van der Waals surface area contributed by atoms with Crippen molar-refractivity contribution in [3.05, 3.63) is 77.5 Å². The second-order valence-electron chi connectivity index (χ2n) is 4.84. The van der Waals surface area contributed by atoms with Crippen molar-refractivity contribution in [2.45, 2.75) is 6.54 Å². The first-order valence-corrected chi connectivity index (χ1v) is 7.37. The van der Waals surface area contributed by atoms with Crippen LogP contribution in [0.1, 0.15) is 16.1 Å². The molecular formula is C17H14ClN3O2. The van der Waals surface area contributed by atoms with Crippen molar-refractivity contribution in [1.29, 1.82) is 0 Å². The second kappa shape index (κ2) is 6.98. The van der Waals surface area contributed by atoms with Gasteiger partial charge < -0.3 is 15.1 Å². The number of halogens is 1. The first-order valence-electron chi connectivity index (χ1n) is 6.99. The molecule has 3 aromatic rings. The van der Waals surface area contributed by atoms with Crippen LogP contribution in [0, 0.1) is 0 Å². The normalized spacial score (nSPS) is 10.3. The Bertz CT molecular complexity index is 803. The van der Waals surface area contributed by atoms with Gasteiger partial charge in [0, 0.05) is 24.6 Å². The molecule has 1 aromatic carbocycles. The molecule has 0 aliphatic heterocycles. The van der Waals surface area contributed by atoms with Gasteiger partial charge in [0.25, 0.3) is 5.91 Å². The fourth-order valence-electron chi connectivity index (χ4n) is 2.08. The van der Waals surface area contributed by atoms with Crippen molar-refractivity contribution in [1.82, 2.24) is 4.98 Å². The molecule has 0 unspecified atom stereocenters. The van der Waals surface area contributed by atoms with Gasteiger partial charge in [0.15, 0.2) is 5.76 Å². The minimum absolute atomic E-state index is 0.275. The van der Waals surface area contributed by atoms with Crippen LogP contribution in [0.15, 0.2) is 65.5 Å². The highest BCUT2D eigenvalue weighted by molar-refractivity contribution is 6.33. The standard InChI is InChI=1S/C17H14ClN3O2/c18-14-11-19-7-6-15(14)20-10-12-3-1-4-13(9-12)21-17(22)16-5-2-8-23-16/h1-9,11H,10H2,(H,19,20)(H,21,22). The number of rotatable bonds is 5. The number of amides is 1. The molecule has 0 aliphatic rings. The number of benzene rings is 1. The van der Waals surface area contributed by atoms with Crippen LogP contribution >= 0.6 is 11.6 Å². The van der Waals surface area contributed by atoms with Gasteiger partial charge in [-0.1, -0.05) is 23.7 Å². The molecule has 3 rings (SSSR count). The lowest BCUT2D eigenvalue weighted by molar-refractivity contribution is 0.0996. The van der Waals surface area contributed by atoms with E-state index in [1.54, 1.807) is 24.5 Å². The van der Waals surface area contributed by atoms with Gasteiger partial charge in [-0.25, -0.2) is 0 Å². The monoisotopic (exact) mass is 327 g/mol. The van der Waals surface area contributed by atoms with Crippen LogP contribution in [-0.4, -0.2) is 10.9 Å².